The minimum atomic E-state index is -0.454. The minimum Gasteiger partial charge on any atom is -0.488 e. The lowest BCUT2D eigenvalue weighted by molar-refractivity contribution is 0.0949. The lowest BCUT2D eigenvalue weighted by Crippen LogP contribution is -2.30. The van der Waals surface area contributed by atoms with Crippen molar-refractivity contribution in [3.63, 3.8) is 0 Å². The second-order valence-electron chi connectivity index (χ2n) is 4.26. The summed E-state index contributed by atoms with van der Waals surface area (Å²) in [6.45, 7) is 0.315. The van der Waals surface area contributed by atoms with Crippen molar-refractivity contribution in [2.24, 2.45) is 5.84 Å². The van der Waals surface area contributed by atoms with E-state index in [0.29, 0.717) is 29.3 Å². The van der Waals surface area contributed by atoms with Gasteiger partial charge in [-0.05, 0) is 35.9 Å². The van der Waals surface area contributed by atoms with E-state index in [1.165, 1.54) is 6.07 Å². The predicted molar refractivity (Wildman–Crippen MR) is 77.7 cm³/mol. The van der Waals surface area contributed by atoms with Gasteiger partial charge in [0.1, 0.15) is 12.4 Å². The van der Waals surface area contributed by atoms with Gasteiger partial charge in [-0.3, -0.25) is 10.2 Å². The molecule has 0 unspecified atom stereocenters. The fourth-order valence-electron chi connectivity index (χ4n) is 1.70. The maximum atomic E-state index is 11.7. The number of nitrogens with one attached hydrogen (secondary N) is 1. The third-order valence-electron chi connectivity index (χ3n) is 2.75. The Balaban J connectivity index is 2.16. The molecule has 0 radical (unpaired) electrons. The molecule has 7 N–H and O–H groups in total. The highest BCUT2D eigenvalue weighted by Crippen LogP contribution is 2.22. The van der Waals surface area contributed by atoms with Gasteiger partial charge in [0.15, 0.2) is 0 Å². The van der Waals surface area contributed by atoms with E-state index in [2.05, 4.69) is 5.43 Å². The summed E-state index contributed by atoms with van der Waals surface area (Å²) in [6, 6.07) is 12.1. The number of rotatable bonds is 4. The molecular weight excluding hydrogens is 256 g/mol. The van der Waals surface area contributed by atoms with Crippen molar-refractivity contribution < 1.29 is 9.53 Å². The third kappa shape index (κ3) is 3.18. The van der Waals surface area contributed by atoms with Gasteiger partial charge in [-0.2, -0.15) is 0 Å². The van der Waals surface area contributed by atoms with Crippen LogP contribution in [0, 0.1) is 0 Å². The van der Waals surface area contributed by atoms with Gasteiger partial charge < -0.3 is 16.2 Å². The number of hydrogen-bond donors (Lipinski definition) is 4. The van der Waals surface area contributed by atoms with E-state index in [1.54, 1.807) is 24.3 Å². The Morgan fingerprint density at radius 1 is 1.05 bits per heavy atom. The molecule has 2 aromatic rings. The normalized spacial score (nSPS) is 10.1. The van der Waals surface area contributed by atoms with Gasteiger partial charge in [-0.1, -0.05) is 12.1 Å². The lowest BCUT2D eigenvalue weighted by Gasteiger charge is -2.11. The van der Waals surface area contributed by atoms with Crippen LogP contribution in [0.2, 0.25) is 0 Å². The van der Waals surface area contributed by atoms with Gasteiger partial charge in [0, 0.05) is 11.4 Å². The van der Waals surface area contributed by atoms with Gasteiger partial charge in [0.25, 0.3) is 5.91 Å². The summed E-state index contributed by atoms with van der Waals surface area (Å²) in [7, 11) is 0. The van der Waals surface area contributed by atoms with Crippen LogP contribution in [0.5, 0.6) is 5.75 Å². The molecule has 0 atom stereocenters. The summed E-state index contributed by atoms with van der Waals surface area (Å²) in [5.74, 6) is 5.10. The van der Waals surface area contributed by atoms with Gasteiger partial charge in [0.05, 0.1) is 5.56 Å². The smallest absolute Gasteiger partial charge is 0.269 e. The first-order valence-corrected chi connectivity index (χ1v) is 5.98. The molecule has 0 aliphatic carbocycles. The van der Waals surface area contributed by atoms with E-state index < -0.39 is 5.91 Å². The molecule has 2 rings (SSSR count). The van der Waals surface area contributed by atoms with E-state index in [1.807, 2.05) is 12.1 Å². The van der Waals surface area contributed by atoms with Gasteiger partial charge in [0.2, 0.25) is 0 Å². The van der Waals surface area contributed by atoms with Crippen molar-refractivity contribution in [2.45, 2.75) is 6.61 Å². The van der Waals surface area contributed by atoms with Crippen molar-refractivity contribution in [1.29, 1.82) is 0 Å². The number of amides is 1. The molecule has 0 saturated carbocycles. The third-order valence-corrected chi connectivity index (χ3v) is 2.75. The van der Waals surface area contributed by atoms with Crippen molar-refractivity contribution in [3.05, 3.63) is 53.6 Å². The van der Waals surface area contributed by atoms with Crippen LogP contribution in [-0.2, 0) is 6.61 Å². The first-order chi connectivity index (χ1) is 9.60. The van der Waals surface area contributed by atoms with Crippen LogP contribution >= 0.6 is 0 Å². The summed E-state index contributed by atoms with van der Waals surface area (Å²) in [6.07, 6.45) is 0. The molecule has 0 aliphatic rings. The highest BCUT2D eigenvalue weighted by atomic mass is 16.5. The Labute approximate surface area is 116 Å². The zero-order chi connectivity index (χ0) is 14.5. The summed E-state index contributed by atoms with van der Waals surface area (Å²) in [5, 5.41) is 0. The van der Waals surface area contributed by atoms with Crippen LogP contribution in [0.15, 0.2) is 42.5 Å². The Bertz CT molecular complexity index is 611. The van der Waals surface area contributed by atoms with Crippen LogP contribution in [-0.4, -0.2) is 5.91 Å². The summed E-state index contributed by atoms with van der Waals surface area (Å²) in [4.78, 5) is 11.7. The molecule has 0 heterocycles. The number of ether oxygens (including phenoxy) is 1. The molecule has 104 valence electrons. The van der Waals surface area contributed by atoms with E-state index in [0.717, 1.165) is 5.56 Å². The zero-order valence-electron chi connectivity index (χ0n) is 10.8. The van der Waals surface area contributed by atoms with Gasteiger partial charge in [-0.25, -0.2) is 5.84 Å². The van der Waals surface area contributed by atoms with E-state index >= 15 is 0 Å². The monoisotopic (exact) mass is 272 g/mol. The van der Waals surface area contributed by atoms with Crippen LogP contribution < -0.4 is 27.5 Å². The number of hydrogen-bond acceptors (Lipinski definition) is 5. The average molecular weight is 272 g/mol. The average Bonchev–Trinajstić information content (AvgIpc) is 2.46. The lowest BCUT2D eigenvalue weighted by atomic mass is 10.1. The minimum absolute atomic E-state index is 0.294. The topological polar surface area (TPSA) is 116 Å². The predicted octanol–water partition coefficient (Wildman–Crippen LogP) is 1.03. The van der Waals surface area contributed by atoms with Crippen molar-refractivity contribution in [3.8, 4) is 5.75 Å². The molecule has 0 bridgehead atoms. The molecule has 1 amide bonds. The fraction of sp³-hybridized carbons (Fsp3) is 0.0714. The van der Waals surface area contributed by atoms with Crippen molar-refractivity contribution >= 4 is 17.3 Å². The largest absolute Gasteiger partial charge is 0.488 e. The molecular formula is C14H16N4O2. The standard InChI is InChI=1S/C14H16N4O2/c15-10-3-1-9(2-4-10)8-20-13-6-5-11(16)7-12(13)14(19)18-17/h1-7H,8,15-17H2,(H,18,19). The SMILES string of the molecule is NNC(=O)c1cc(N)ccc1OCc1ccc(N)cc1. The number of carbonyl (C=O) groups is 1. The molecule has 6 heteroatoms. The van der Waals surface area contributed by atoms with Crippen LogP contribution in [0.25, 0.3) is 0 Å². The van der Waals surface area contributed by atoms with Crippen molar-refractivity contribution in [2.75, 3.05) is 11.5 Å². The quantitative estimate of drug-likeness (QED) is 0.287. The second kappa shape index (κ2) is 5.94. The maximum Gasteiger partial charge on any atom is 0.269 e. The number of benzene rings is 2. The zero-order valence-corrected chi connectivity index (χ0v) is 10.8. The highest BCUT2D eigenvalue weighted by molar-refractivity contribution is 5.97. The number of anilines is 2. The van der Waals surface area contributed by atoms with Crippen LogP contribution in [0.3, 0.4) is 0 Å². The number of nitrogens with two attached hydrogens (primary N) is 3. The molecule has 2 aromatic carbocycles. The summed E-state index contributed by atoms with van der Waals surface area (Å²) >= 11 is 0. The van der Waals surface area contributed by atoms with Gasteiger partial charge >= 0.3 is 0 Å². The van der Waals surface area contributed by atoms with E-state index in [9.17, 15) is 4.79 Å². The first kappa shape index (κ1) is 13.7. The van der Waals surface area contributed by atoms with E-state index in [-0.39, 0.29) is 0 Å². The second-order valence-corrected chi connectivity index (χ2v) is 4.26. The first-order valence-electron chi connectivity index (χ1n) is 5.98. The number of hydrazine groups is 1. The summed E-state index contributed by atoms with van der Waals surface area (Å²) < 4.78 is 5.63. The van der Waals surface area contributed by atoms with Crippen molar-refractivity contribution in [1.82, 2.24) is 5.43 Å². The van der Waals surface area contributed by atoms with Gasteiger partial charge in [-0.15, -0.1) is 0 Å². The Hall–Kier alpha value is -2.73. The Morgan fingerprint density at radius 3 is 2.35 bits per heavy atom. The van der Waals surface area contributed by atoms with Crippen LogP contribution in [0.1, 0.15) is 15.9 Å². The molecule has 0 aromatic heterocycles. The molecule has 0 saturated heterocycles. The Morgan fingerprint density at radius 2 is 1.70 bits per heavy atom. The summed E-state index contributed by atoms with van der Waals surface area (Å²) in [5.41, 5.74) is 15.7. The maximum absolute atomic E-state index is 11.7. The van der Waals surface area contributed by atoms with E-state index in [4.69, 9.17) is 22.0 Å². The molecule has 0 aliphatic heterocycles. The molecule has 20 heavy (non-hydrogen) atoms. The molecule has 0 fully saturated rings. The fourth-order valence-corrected chi connectivity index (χ4v) is 1.70. The number of nitrogen functional groups attached to an aromatic ring is 3. The number of carbonyl (C=O) groups excluding carboxylic acids is 1. The van der Waals surface area contributed by atoms with Crippen LogP contribution in [0.4, 0.5) is 11.4 Å². The Kier molecular flexibility index (Phi) is 4.07. The highest BCUT2D eigenvalue weighted by Gasteiger charge is 2.12. The molecule has 0 spiro atoms. The molecule has 6 nitrogen and oxygen atoms in total.